The first kappa shape index (κ1) is 21.7. The average Bonchev–Trinajstić information content (AvgIpc) is 2.87. The zero-order chi connectivity index (χ0) is 22.4. The van der Waals surface area contributed by atoms with E-state index < -0.39 is 69.6 Å². The Balaban J connectivity index is 1.85. The first-order valence-corrected chi connectivity index (χ1v) is 10.4. The van der Waals surface area contributed by atoms with Crippen LogP contribution in [0.2, 0.25) is 0 Å². The van der Waals surface area contributed by atoms with Crippen molar-refractivity contribution in [1.82, 2.24) is 0 Å². The van der Waals surface area contributed by atoms with Gasteiger partial charge in [0, 0.05) is 16.7 Å². The molecule has 0 spiro atoms. The summed E-state index contributed by atoms with van der Waals surface area (Å²) in [7, 11) is 0. The summed E-state index contributed by atoms with van der Waals surface area (Å²) in [6, 6.07) is 0. The van der Waals surface area contributed by atoms with Crippen molar-refractivity contribution in [2.45, 2.75) is 70.1 Å². The van der Waals surface area contributed by atoms with Gasteiger partial charge in [0.15, 0.2) is 11.5 Å². The first-order chi connectivity index (χ1) is 13.8. The minimum atomic E-state index is -2.39. The molecule has 0 aliphatic heterocycles. The molecule has 3 fully saturated rings. The molecule has 6 nitrogen and oxygen atoms in total. The summed E-state index contributed by atoms with van der Waals surface area (Å²) in [4.78, 5) is 24.4. The summed E-state index contributed by atoms with van der Waals surface area (Å²) >= 11 is 0. The van der Waals surface area contributed by atoms with Crippen molar-refractivity contribution in [2.75, 3.05) is 0 Å². The highest BCUT2D eigenvalue weighted by Crippen LogP contribution is 2.71. The van der Waals surface area contributed by atoms with Gasteiger partial charge in [-0.3, -0.25) is 9.59 Å². The molecule has 0 amide bonds. The number of ketones is 2. The van der Waals surface area contributed by atoms with Crippen LogP contribution in [0.15, 0.2) is 23.6 Å². The molecule has 166 valence electrons. The lowest BCUT2D eigenvalue weighted by Crippen LogP contribution is -2.70. The van der Waals surface area contributed by atoms with E-state index in [9.17, 15) is 34.4 Å². The molecule has 0 aromatic carbocycles. The Kier molecular flexibility index (Phi) is 4.55. The molecule has 0 radical (unpaired) electrons. The van der Waals surface area contributed by atoms with Gasteiger partial charge in [0.05, 0.1) is 6.10 Å². The van der Waals surface area contributed by atoms with Gasteiger partial charge in [-0.2, -0.15) is 0 Å². The van der Waals surface area contributed by atoms with Crippen molar-refractivity contribution in [3.05, 3.63) is 23.6 Å². The van der Waals surface area contributed by atoms with E-state index in [-0.39, 0.29) is 31.3 Å². The second-order valence-electron chi connectivity index (χ2n) is 9.99. The maximum Gasteiger partial charge on any atom is 0.220 e. The fourth-order valence-corrected chi connectivity index (χ4v) is 7.35. The minimum absolute atomic E-state index is 0.0413. The van der Waals surface area contributed by atoms with Crippen LogP contribution in [0.1, 0.15) is 46.5 Å². The van der Waals surface area contributed by atoms with Crippen molar-refractivity contribution in [1.29, 1.82) is 0 Å². The number of halogens is 2. The fourth-order valence-electron chi connectivity index (χ4n) is 7.35. The van der Waals surface area contributed by atoms with E-state index >= 15 is 4.39 Å². The molecule has 30 heavy (non-hydrogen) atoms. The van der Waals surface area contributed by atoms with Crippen LogP contribution in [-0.2, 0) is 9.59 Å². The summed E-state index contributed by atoms with van der Waals surface area (Å²) in [5.41, 5.74) is -7.23. The van der Waals surface area contributed by atoms with Gasteiger partial charge in [-0.1, -0.05) is 19.9 Å². The number of rotatable bonds is 2. The SMILES string of the molecule is C[C@@H]1C[C@H]2[C@@H]3CCC4=C(F)C(=O)C=C[C@]4(C)[C@@]3(F)[C@@H](O)C[C@]2(C)[C@@]1(O)C(=O)C(O)O. The Labute approximate surface area is 173 Å². The van der Waals surface area contributed by atoms with Crippen LogP contribution in [0.3, 0.4) is 0 Å². The number of alkyl halides is 1. The Bertz CT molecular complexity index is 883. The Morgan fingerprint density at radius 3 is 2.50 bits per heavy atom. The maximum atomic E-state index is 16.9. The van der Waals surface area contributed by atoms with E-state index in [1.165, 1.54) is 13.0 Å². The van der Waals surface area contributed by atoms with Gasteiger partial charge in [-0.15, -0.1) is 0 Å². The molecule has 0 heterocycles. The van der Waals surface area contributed by atoms with Gasteiger partial charge in [0.1, 0.15) is 5.60 Å². The van der Waals surface area contributed by atoms with Crippen molar-refractivity contribution >= 4 is 11.6 Å². The number of allylic oxidation sites excluding steroid dienone is 4. The molecule has 4 N–H and O–H groups in total. The topological polar surface area (TPSA) is 115 Å². The molecule has 8 heteroatoms. The number of aliphatic hydroxyl groups is 4. The van der Waals surface area contributed by atoms with Crippen LogP contribution in [0.25, 0.3) is 0 Å². The highest BCUT2D eigenvalue weighted by atomic mass is 19.1. The zero-order valence-electron chi connectivity index (χ0n) is 17.2. The normalized spacial score (nSPS) is 50.4. The van der Waals surface area contributed by atoms with E-state index in [1.807, 2.05) is 0 Å². The number of Topliss-reactive ketones (excluding diaryl/α,β-unsaturated/α-hetero) is 1. The Morgan fingerprint density at radius 2 is 1.90 bits per heavy atom. The average molecular weight is 426 g/mol. The Hall–Kier alpha value is -1.48. The van der Waals surface area contributed by atoms with Crippen LogP contribution in [0, 0.1) is 28.6 Å². The number of carbonyl (C=O) groups excluding carboxylic acids is 2. The smallest absolute Gasteiger partial charge is 0.220 e. The molecule has 0 unspecified atom stereocenters. The van der Waals surface area contributed by atoms with Crippen molar-refractivity contribution in [2.24, 2.45) is 28.6 Å². The van der Waals surface area contributed by atoms with Gasteiger partial charge in [-0.25, -0.2) is 8.78 Å². The number of aliphatic hydroxyl groups excluding tert-OH is 2. The van der Waals surface area contributed by atoms with E-state index in [2.05, 4.69) is 0 Å². The zero-order valence-corrected chi connectivity index (χ0v) is 17.2. The largest absolute Gasteiger partial charge is 0.390 e. The number of fused-ring (bicyclic) bond motifs is 5. The predicted molar refractivity (Wildman–Crippen MR) is 101 cm³/mol. The molecular weight excluding hydrogens is 398 g/mol. The van der Waals surface area contributed by atoms with Crippen LogP contribution < -0.4 is 0 Å². The predicted octanol–water partition coefficient (Wildman–Crippen LogP) is 1.51. The van der Waals surface area contributed by atoms with Crippen LogP contribution in [-0.4, -0.2) is 55.7 Å². The molecule has 0 bridgehead atoms. The van der Waals surface area contributed by atoms with Gasteiger partial charge in [-0.05, 0) is 56.1 Å². The fraction of sp³-hybridized carbons (Fsp3) is 0.727. The molecule has 0 saturated heterocycles. The lowest BCUT2D eigenvalue weighted by atomic mass is 9.44. The monoisotopic (exact) mass is 426 g/mol. The second-order valence-corrected chi connectivity index (χ2v) is 9.99. The molecule has 8 atom stereocenters. The molecule has 4 rings (SSSR count). The summed E-state index contributed by atoms with van der Waals surface area (Å²) in [6.45, 7) is 4.67. The van der Waals surface area contributed by atoms with E-state index in [0.29, 0.717) is 0 Å². The van der Waals surface area contributed by atoms with E-state index in [1.54, 1.807) is 13.8 Å². The minimum Gasteiger partial charge on any atom is -0.390 e. The molecule has 0 aromatic rings. The summed E-state index contributed by atoms with van der Waals surface area (Å²) in [5.74, 6) is -5.01. The third kappa shape index (κ3) is 2.20. The number of hydrogen-bond donors (Lipinski definition) is 4. The molecule has 4 aliphatic rings. The van der Waals surface area contributed by atoms with E-state index in [4.69, 9.17) is 0 Å². The summed E-state index contributed by atoms with van der Waals surface area (Å²) in [6.07, 6.45) is -1.51. The van der Waals surface area contributed by atoms with Crippen LogP contribution >= 0.6 is 0 Å². The van der Waals surface area contributed by atoms with Gasteiger partial charge < -0.3 is 20.4 Å². The third-order valence-corrected chi connectivity index (χ3v) is 8.93. The van der Waals surface area contributed by atoms with E-state index in [0.717, 1.165) is 6.08 Å². The van der Waals surface area contributed by atoms with Crippen molar-refractivity contribution < 1.29 is 38.8 Å². The molecule has 3 saturated carbocycles. The summed E-state index contributed by atoms with van der Waals surface area (Å²) < 4.78 is 31.5. The van der Waals surface area contributed by atoms with Gasteiger partial charge in [0.25, 0.3) is 0 Å². The quantitative estimate of drug-likeness (QED) is 0.498. The highest BCUT2D eigenvalue weighted by Gasteiger charge is 2.76. The highest BCUT2D eigenvalue weighted by molar-refractivity contribution is 6.04. The maximum absolute atomic E-state index is 16.9. The lowest BCUT2D eigenvalue weighted by Gasteiger charge is -2.62. The standard InChI is InChI=1S/C22H28F2O6/c1-10-8-13-11-4-5-12-16(23)14(25)6-7-19(12,2)21(11,24)15(26)9-20(13,3)22(10,30)17(27)18(28)29/h6-7,10-11,13,15,18,26,28-30H,4-5,8-9H2,1-3H3/t10-,11+,13+,15+,19+,20+,21+,22+/m1/s1. The molecule has 4 aliphatic carbocycles. The van der Waals surface area contributed by atoms with Gasteiger partial charge >= 0.3 is 0 Å². The lowest BCUT2D eigenvalue weighted by molar-refractivity contribution is -0.225. The van der Waals surface area contributed by atoms with Crippen LogP contribution in [0.5, 0.6) is 0 Å². The number of hydrogen-bond acceptors (Lipinski definition) is 6. The molecular formula is C22H28F2O6. The Morgan fingerprint density at radius 1 is 1.27 bits per heavy atom. The van der Waals surface area contributed by atoms with Crippen molar-refractivity contribution in [3.63, 3.8) is 0 Å². The van der Waals surface area contributed by atoms with Gasteiger partial charge in [0.2, 0.25) is 17.9 Å². The molecule has 0 aromatic heterocycles. The first-order valence-electron chi connectivity index (χ1n) is 10.4. The second kappa shape index (κ2) is 6.28. The third-order valence-electron chi connectivity index (χ3n) is 8.93. The van der Waals surface area contributed by atoms with Crippen molar-refractivity contribution in [3.8, 4) is 0 Å². The summed E-state index contributed by atoms with van der Waals surface area (Å²) in [5, 5.41) is 41.4. The van der Waals surface area contributed by atoms with Crippen LogP contribution in [0.4, 0.5) is 8.78 Å². The number of carbonyl (C=O) groups is 2.